The van der Waals surface area contributed by atoms with Gasteiger partial charge in [0.15, 0.2) is 5.43 Å². The molecule has 4 heteroatoms. The molecule has 0 bridgehead atoms. The number of rotatable bonds is 3. The molecule has 0 aliphatic carbocycles. The molecule has 2 heterocycles. The van der Waals surface area contributed by atoms with Crippen LogP contribution < -0.4 is 10.7 Å². The van der Waals surface area contributed by atoms with E-state index in [-0.39, 0.29) is 5.43 Å². The van der Waals surface area contributed by atoms with Crippen LogP contribution in [0.3, 0.4) is 0 Å². The molecule has 0 spiro atoms. The van der Waals surface area contributed by atoms with Gasteiger partial charge in [-0.05, 0) is 31.4 Å². The molecule has 3 rings (SSSR count). The number of aromatic nitrogens is 1. The lowest BCUT2D eigenvalue weighted by Crippen LogP contribution is -2.27. The van der Waals surface area contributed by atoms with E-state index < -0.39 is 0 Å². The van der Waals surface area contributed by atoms with E-state index in [1.165, 1.54) is 12.8 Å². The van der Waals surface area contributed by atoms with Crippen LogP contribution in [0.4, 0.5) is 0 Å². The first-order chi connectivity index (χ1) is 10.3. The molecule has 1 aliphatic heterocycles. The molecule has 0 saturated carbocycles. The van der Waals surface area contributed by atoms with Crippen molar-refractivity contribution >= 4 is 16.7 Å². The molecule has 1 aromatic carbocycles. The molecular weight excluding hydrogens is 262 g/mol. The second kappa shape index (κ2) is 6.12. The van der Waals surface area contributed by atoms with E-state index in [9.17, 15) is 4.79 Å². The molecule has 4 nitrogen and oxygen atoms in total. The van der Waals surface area contributed by atoms with Crippen LogP contribution in [0.1, 0.15) is 37.4 Å². The van der Waals surface area contributed by atoms with Crippen molar-refractivity contribution < 1.29 is 0 Å². The van der Waals surface area contributed by atoms with Gasteiger partial charge in [0.25, 0.3) is 0 Å². The Balaban J connectivity index is 1.93. The summed E-state index contributed by atoms with van der Waals surface area (Å²) >= 11 is 0. The van der Waals surface area contributed by atoms with Crippen LogP contribution in [0.15, 0.2) is 34.1 Å². The van der Waals surface area contributed by atoms with Gasteiger partial charge in [0.1, 0.15) is 0 Å². The number of aromatic amines is 1. The molecule has 110 valence electrons. The lowest BCUT2D eigenvalue weighted by molar-refractivity contribution is 0.702. The molecule has 1 aromatic heterocycles. The third-order valence-electron chi connectivity index (χ3n) is 4.04. The fourth-order valence-electron chi connectivity index (χ4n) is 2.88. The van der Waals surface area contributed by atoms with E-state index >= 15 is 0 Å². The molecule has 2 N–H and O–H groups in total. The molecule has 2 aromatic rings. The highest BCUT2D eigenvalue weighted by molar-refractivity contribution is 5.83. The van der Waals surface area contributed by atoms with Crippen LogP contribution in [-0.2, 0) is 13.0 Å². The van der Waals surface area contributed by atoms with E-state index in [2.05, 4.69) is 15.3 Å². The van der Waals surface area contributed by atoms with Gasteiger partial charge in [0.2, 0.25) is 0 Å². The normalized spacial score (nSPS) is 15.0. The number of pyridine rings is 1. The summed E-state index contributed by atoms with van der Waals surface area (Å²) in [5, 5.41) is 4.16. The van der Waals surface area contributed by atoms with Gasteiger partial charge in [0, 0.05) is 35.1 Å². The highest BCUT2D eigenvalue weighted by Crippen LogP contribution is 2.12. The highest BCUT2D eigenvalue weighted by atomic mass is 16.1. The number of aliphatic imine (C=N–C) groups is 1. The monoisotopic (exact) mass is 283 g/mol. The van der Waals surface area contributed by atoms with E-state index in [1.807, 2.05) is 31.2 Å². The molecular formula is C17H21N3O. The fourth-order valence-corrected chi connectivity index (χ4v) is 2.88. The van der Waals surface area contributed by atoms with Gasteiger partial charge < -0.3 is 10.3 Å². The van der Waals surface area contributed by atoms with Crippen molar-refractivity contribution in [1.82, 2.24) is 10.3 Å². The number of fused-ring (bicyclic) bond motifs is 1. The Kier molecular flexibility index (Phi) is 4.04. The zero-order valence-electron chi connectivity index (χ0n) is 12.4. The first-order valence-corrected chi connectivity index (χ1v) is 7.69. The Morgan fingerprint density at radius 1 is 1.29 bits per heavy atom. The summed E-state index contributed by atoms with van der Waals surface area (Å²) < 4.78 is 0. The third kappa shape index (κ3) is 2.84. The summed E-state index contributed by atoms with van der Waals surface area (Å²) in [4.78, 5) is 20.5. The number of para-hydroxylation sites is 1. The minimum Gasteiger partial charge on any atom is -0.368 e. The van der Waals surface area contributed by atoms with E-state index in [4.69, 9.17) is 0 Å². The van der Waals surface area contributed by atoms with Crippen LogP contribution in [0.25, 0.3) is 10.9 Å². The van der Waals surface area contributed by atoms with Gasteiger partial charge in [-0.1, -0.05) is 19.1 Å². The van der Waals surface area contributed by atoms with Gasteiger partial charge in [-0.15, -0.1) is 0 Å². The van der Waals surface area contributed by atoms with E-state index in [0.717, 1.165) is 47.4 Å². The first-order valence-electron chi connectivity index (χ1n) is 7.69. The zero-order valence-corrected chi connectivity index (χ0v) is 12.4. The van der Waals surface area contributed by atoms with Gasteiger partial charge in [-0.3, -0.25) is 9.79 Å². The maximum atomic E-state index is 12.6. The summed E-state index contributed by atoms with van der Waals surface area (Å²) in [5.41, 5.74) is 2.91. The molecule has 0 saturated heterocycles. The van der Waals surface area contributed by atoms with Crippen LogP contribution in [-0.4, -0.2) is 17.4 Å². The number of nitrogens with zero attached hydrogens (tertiary/aromatic N) is 1. The number of hydrogen-bond acceptors (Lipinski definition) is 3. The maximum absolute atomic E-state index is 12.6. The summed E-state index contributed by atoms with van der Waals surface area (Å²) in [5.74, 6) is 1.07. The number of nitrogens with one attached hydrogen (secondary N) is 2. The molecule has 0 unspecified atom stereocenters. The molecule has 0 fully saturated rings. The lowest BCUT2D eigenvalue weighted by Gasteiger charge is -2.16. The third-order valence-corrected chi connectivity index (χ3v) is 4.04. The standard InChI is InChI=1S/C17H21N3O/c1-2-12-15(11-19-16-9-5-6-10-18-16)20-14-8-4-3-7-13(14)17(12)21/h3-4,7-8H,2,5-6,9-11H2,1H3,(H,18,19)(H,20,21). The number of H-pyrrole nitrogens is 1. The number of amidine groups is 1. The van der Waals surface area contributed by atoms with Crippen LogP contribution in [0, 0.1) is 0 Å². The molecule has 0 atom stereocenters. The molecule has 0 amide bonds. The van der Waals surface area contributed by atoms with Gasteiger partial charge in [0.05, 0.1) is 12.4 Å². The van der Waals surface area contributed by atoms with Crippen molar-refractivity contribution in [3.05, 3.63) is 45.7 Å². The summed E-state index contributed by atoms with van der Waals surface area (Å²) in [7, 11) is 0. The second-order valence-electron chi connectivity index (χ2n) is 5.45. The van der Waals surface area contributed by atoms with Gasteiger partial charge in [-0.25, -0.2) is 0 Å². The van der Waals surface area contributed by atoms with Crippen molar-refractivity contribution in [3.63, 3.8) is 0 Å². The smallest absolute Gasteiger partial charge is 0.192 e. The Morgan fingerprint density at radius 3 is 2.90 bits per heavy atom. The minimum absolute atomic E-state index is 0.147. The van der Waals surface area contributed by atoms with Crippen LogP contribution in [0.2, 0.25) is 0 Å². The van der Waals surface area contributed by atoms with Crippen molar-refractivity contribution in [3.8, 4) is 0 Å². The maximum Gasteiger partial charge on any atom is 0.192 e. The summed E-state index contributed by atoms with van der Waals surface area (Å²) in [6.45, 7) is 3.58. The Hall–Kier alpha value is -2.10. The summed E-state index contributed by atoms with van der Waals surface area (Å²) in [6.07, 6.45) is 4.13. The van der Waals surface area contributed by atoms with Crippen molar-refractivity contribution in [2.75, 3.05) is 6.54 Å². The minimum atomic E-state index is 0.147. The van der Waals surface area contributed by atoms with Crippen molar-refractivity contribution in [2.45, 2.75) is 39.2 Å². The Morgan fingerprint density at radius 2 is 2.14 bits per heavy atom. The Labute approximate surface area is 124 Å². The SMILES string of the molecule is CCc1c(CNC2=NCCCC2)[nH]c2ccccc2c1=O. The van der Waals surface area contributed by atoms with Crippen LogP contribution in [0.5, 0.6) is 0 Å². The second-order valence-corrected chi connectivity index (χ2v) is 5.45. The van der Waals surface area contributed by atoms with Gasteiger partial charge in [-0.2, -0.15) is 0 Å². The zero-order chi connectivity index (χ0) is 14.7. The first kappa shape index (κ1) is 13.9. The van der Waals surface area contributed by atoms with Crippen LogP contribution >= 0.6 is 0 Å². The summed E-state index contributed by atoms with van der Waals surface area (Å²) in [6, 6.07) is 7.70. The largest absolute Gasteiger partial charge is 0.368 e. The van der Waals surface area contributed by atoms with E-state index in [0.29, 0.717) is 6.54 Å². The molecule has 0 radical (unpaired) electrons. The number of benzene rings is 1. The lowest BCUT2D eigenvalue weighted by atomic mass is 10.1. The molecule has 21 heavy (non-hydrogen) atoms. The van der Waals surface area contributed by atoms with Crippen molar-refractivity contribution in [2.24, 2.45) is 4.99 Å². The fraction of sp³-hybridized carbons (Fsp3) is 0.412. The predicted octanol–water partition coefficient (Wildman–Crippen LogP) is 2.76. The topological polar surface area (TPSA) is 57.2 Å². The van der Waals surface area contributed by atoms with E-state index in [1.54, 1.807) is 0 Å². The number of hydrogen-bond donors (Lipinski definition) is 2. The quantitative estimate of drug-likeness (QED) is 0.910. The van der Waals surface area contributed by atoms with Crippen molar-refractivity contribution in [1.29, 1.82) is 0 Å². The predicted molar refractivity (Wildman–Crippen MR) is 86.9 cm³/mol. The average molecular weight is 283 g/mol. The average Bonchev–Trinajstić information content (AvgIpc) is 2.54. The van der Waals surface area contributed by atoms with Gasteiger partial charge >= 0.3 is 0 Å². The molecule has 1 aliphatic rings. The highest BCUT2D eigenvalue weighted by Gasteiger charge is 2.11. The Bertz CT molecular complexity index is 730.